The quantitative estimate of drug-likeness (QED) is 0.751. The number of H-pyrrole nitrogens is 1. The van der Waals surface area contributed by atoms with E-state index in [0.717, 1.165) is 16.2 Å². The highest BCUT2D eigenvalue weighted by atomic mass is 16.2. The Bertz CT molecular complexity index is 1100. The van der Waals surface area contributed by atoms with E-state index in [1.165, 1.54) is 6.20 Å². The van der Waals surface area contributed by atoms with Gasteiger partial charge in [0, 0.05) is 22.7 Å². The van der Waals surface area contributed by atoms with E-state index in [-0.39, 0.29) is 11.7 Å². The maximum Gasteiger partial charge on any atom is 0.249 e. The first kappa shape index (κ1) is 14.8. The molecule has 1 amide bonds. The van der Waals surface area contributed by atoms with Crippen molar-refractivity contribution in [1.82, 2.24) is 20.2 Å². The molecule has 0 radical (unpaired) electrons. The Morgan fingerprint density at radius 2 is 2.04 bits per heavy atom. The molecule has 0 fully saturated rings. The zero-order valence-corrected chi connectivity index (χ0v) is 16.0. The Labute approximate surface area is 168 Å². The van der Waals surface area contributed by atoms with E-state index in [4.69, 9.17) is 9.10 Å². The molecule has 7 heteroatoms. The maximum atomic E-state index is 13.1. The molecule has 0 aliphatic carbocycles. The lowest BCUT2D eigenvalue weighted by Gasteiger charge is -2.42. The summed E-state index contributed by atoms with van der Waals surface area (Å²) in [5.74, 6) is 0.378. The third-order valence-corrected chi connectivity index (χ3v) is 4.96. The van der Waals surface area contributed by atoms with Crippen molar-refractivity contribution in [1.29, 1.82) is 0 Å². The van der Waals surface area contributed by atoms with Crippen LogP contribution in [0.15, 0.2) is 42.7 Å². The predicted octanol–water partition coefficient (Wildman–Crippen LogP) is 3.50. The lowest BCUT2D eigenvalue weighted by molar-refractivity contribution is -0.120. The van der Waals surface area contributed by atoms with Crippen molar-refractivity contribution in [3.8, 4) is 22.6 Å². The van der Waals surface area contributed by atoms with Gasteiger partial charge in [0.05, 0.1) is 23.7 Å². The Morgan fingerprint density at radius 1 is 1.25 bits per heavy atom. The summed E-state index contributed by atoms with van der Waals surface area (Å²) < 4.78 is 23.7. The predicted molar refractivity (Wildman–Crippen MR) is 110 cm³/mol. The van der Waals surface area contributed by atoms with Crippen molar-refractivity contribution in [3.63, 3.8) is 0 Å². The van der Waals surface area contributed by atoms with Crippen LogP contribution in [-0.4, -0.2) is 45.1 Å². The molecule has 1 aliphatic heterocycles. The van der Waals surface area contributed by atoms with E-state index >= 15 is 0 Å². The lowest BCUT2D eigenvalue weighted by Crippen LogP contribution is -2.54. The fourth-order valence-corrected chi connectivity index (χ4v) is 3.63. The number of rotatable bonds is 4. The van der Waals surface area contributed by atoms with Crippen LogP contribution in [0.5, 0.6) is 0 Å². The summed E-state index contributed by atoms with van der Waals surface area (Å²) in [6.45, 7) is 3.16. The second kappa shape index (κ2) is 7.07. The number of hydrogen-bond acceptors (Lipinski definition) is 5. The third-order valence-electron chi connectivity index (χ3n) is 4.96. The minimum atomic E-state index is -2.63. The van der Waals surface area contributed by atoms with Gasteiger partial charge in [-0.3, -0.25) is 9.89 Å². The van der Waals surface area contributed by atoms with Gasteiger partial charge >= 0.3 is 0 Å². The Morgan fingerprint density at radius 3 is 2.71 bits per heavy atom. The number of benzene rings is 1. The van der Waals surface area contributed by atoms with E-state index in [9.17, 15) is 4.79 Å². The highest BCUT2D eigenvalue weighted by Crippen LogP contribution is 2.37. The minimum absolute atomic E-state index is 0.0629. The van der Waals surface area contributed by atoms with Gasteiger partial charge in [0.25, 0.3) is 0 Å². The molecule has 7 nitrogen and oxygen atoms in total. The molecule has 2 aromatic heterocycles. The van der Waals surface area contributed by atoms with Crippen molar-refractivity contribution in [3.05, 3.63) is 42.7 Å². The average Bonchev–Trinajstić information content (AvgIpc) is 3.21. The van der Waals surface area contributed by atoms with Gasteiger partial charge < -0.3 is 9.80 Å². The Kier molecular flexibility index (Phi) is 3.73. The first-order valence-corrected chi connectivity index (χ1v) is 9.32. The van der Waals surface area contributed by atoms with Gasteiger partial charge in [0.2, 0.25) is 5.91 Å². The fourth-order valence-electron chi connectivity index (χ4n) is 3.63. The molecule has 1 aliphatic rings. The fraction of sp³-hybridized carbons (Fsp3) is 0.333. The maximum absolute atomic E-state index is 13.1. The van der Waals surface area contributed by atoms with Crippen LogP contribution in [0.4, 0.5) is 11.5 Å². The van der Waals surface area contributed by atoms with Crippen molar-refractivity contribution >= 4 is 17.4 Å². The number of hydrogen-bond donors (Lipinski definition) is 1. The van der Waals surface area contributed by atoms with Gasteiger partial charge in [-0.1, -0.05) is 37.3 Å². The van der Waals surface area contributed by atoms with Crippen LogP contribution in [0.2, 0.25) is 0 Å². The van der Waals surface area contributed by atoms with E-state index in [0.29, 0.717) is 23.6 Å². The summed E-state index contributed by atoms with van der Waals surface area (Å²) >= 11 is 0. The average molecular weight is 379 g/mol. The van der Waals surface area contributed by atoms with Gasteiger partial charge in [-0.25, -0.2) is 9.97 Å². The number of nitrogens with zero attached hydrogens (tertiary/aromatic N) is 5. The standard InChI is InChI=1S/C21H24N6O/c1-5-16-21(28)26(4)17-12-22-19(24-20(17)27(16)13(2)3)15-11-23-25-18(15)14-9-7-6-8-10-14/h6-13,16H,5H2,1-4H3,(H,23,25)/t16-/m1/s1/i4D3. The number of likely N-dealkylation sites (N-methyl/N-ethyl adjacent to an activating group) is 1. The first-order valence-electron chi connectivity index (χ1n) is 10.8. The summed E-state index contributed by atoms with van der Waals surface area (Å²) in [7, 11) is 0. The van der Waals surface area contributed by atoms with Crippen LogP contribution in [0, 0.1) is 0 Å². The van der Waals surface area contributed by atoms with Gasteiger partial charge in [0.1, 0.15) is 11.7 Å². The van der Waals surface area contributed by atoms with Gasteiger partial charge in [-0.15, -0.1) is 0 Å². The van der Waals surface area contributed by atoms with Crippen LogP contribution >= 0.6 is 0 Å². The van der Waals surface area contributed by atoms with Crippen molar-refractivity contribution in [2.45, 2.75) is 39.3 Å². The molecule has 0 bridgehead atoms. The number of nitrogens with one attached hydrogen (secondary N) is 1. The van der Waals surface area contributed by atoms with Crippen molar-refractivity contribution in [2.75, 3.05) is 16.8 Å². The molecule has 144 valence electrons. The number of anilines is 2. The van der Waals surface area contributed by atoms with E-state index in [1.54, 1.807) is 6.20 Å². The molecule has 28 heavy (non-hydrogen) atoms. The van der Waals surface area contributed by atoms with Crippen LogP contribution in [-0.2, 0) is 4.79 Å². The molecule has 0 saturated carbocycles. The Hall–Kier alpha value is -3.22. The second-order valence-electron chi connectivity index (χ2n) is 7.03. The largest absolute Gasteiger partial charge is 0.340 e. The van der Waals surface area contributed by atoms with Crippen LogP contribution < -0.4 is 9.80 Å². The number of carbonyl (C=O) groups is 1. The molecular formula is C21H24N6O. The zero-order chi connectivity index (χ0) is 22.3. The summed E-state index contributed by atoms with van der Waals surface area (Å²) in [6, 6.07) is 9.02. The Balaban J connectivity index is 1.90. The smallest absolute Gasteiger partial charge is 0.249 e. The molecular weight excluding hydrogens is 352 g/mol. The van der Waals surface area contributed by atoms with Crippen LogP contribution in [0.1, 0.15) is 31.3 Å². The molecule has 1 aromatic carbocycles. The minimum Gasteiger partial charge on any atom is -0.340 e. The summed E-state index contributed by atoms with van der Waals surface area (Å²) in [6.07, 6.45) is 3.53. The number of aromatic nitrogens is 4. The molecule has 0 saturated heterocycles. The van der Waals surface area contributed by atoms with Crippen LogP contribution in [0.3, 0.4) is 0 Å². The van der Waals surface area contributed by atoms with E-state index < -0.39 is 18.9 Å². The number of amides is 1. The van der Waals surface area contributed by atoms with Crippen LogP contribution in [0.25, 0.3) is 22.6 Å². The van der Waals surface area contributed by atoms with Gasteiger partial charge in [0.15, 0.2) is 11.6 Å². The summed E-state index contributed by atoms with van der Waals surface area (Å²) in [5, 5.41) is 7.16. The SMILES string of the molecule is [2H]C([2H])([2H])N1C(=O)[C@@H](CC)N(C(C)C)c2nc(-c3cn[nH]c3-c3ccccc3)ncc21. The second-order valence-corrected chi connectivity index (χ2v) is 7.03. The molecule has 4 rings (SSSR count). The first-order chi connectivity index (χ1) is 14.7. The normalized spacial score (nSPS) is 18.6. The summed E-state index contributed by atoms with van der Waals surface area (Å²) in [5.41, 5.74) is 2.59. The highest BCUT2D eigenvalue weighted by Gasteiger charge is 2.38. The highest BCUT2D eigenvalue weighted by molar-refractivity contribution is 6.04. The summed E-state index contributed by atoms with van der Waals surface area (Å²) in [4.78, 5) is 25.0. The lowest BCUT2D eigenvalue weighted by atomic mass is 10.0. The molecule has 1 atom stereocenters. The number of carbonyl (C=O) groups excluding carboxylic acids is 1. The topological polar surface area (TPSA) is 78.0 Å². The van der Waals surface area contributed by atoms with Crippen molar-refractivity contribution < 1.29 is 8.91 Å². The molecule has 3 aromatic rings. The molecule has 0 spiro atoms. The molecule has 0 unspecified atom stereocenters. The van der Waals surface area contributed by atoms with Crippen molar-refractivity contribution in [2.24, 2.45) is 0 Å². The number of aromatic amines is 1. The van der Waals surface area contributed by atoms with E-state index in [2.05, 4.69) is 15.2 Å². The molecule has 3 heterocycles. The number of fused-ring (bicyclic) bond motifs is 1. The monoisotopic (exact) mass is 379 g/mol. The molecule has 1 N–H and O–H groups in total. The van der Waals surface area contributed by atoms with E-state index in [1.807, 2.05) is 56.0 Å². The third kappa shape index (κ3) is 2.83. The van der Waals surface area contributed by atoms with Gasteiger partial charge in [-0.05, 0) is 20.3 Å². The van der Waals surface area contributed by atoms with Gasteiger partial charge in [-0.2, -0.15) is 5.10 Å². The zero-order valence-electron chi connectivity index (χ0n) is 19.0.